The second-order valence-electron chi connectivity index (χ2n) is 4.62. The number of nitrogen functional groups attached to an aromatic ring is 1. The zero-order valence-electron chi connectivity index (χ0n) is 12.1. The molecule has 1 aromatic carbocycles. The highest BCUT2D eigenvalue weighted by Gasteiger charge is 2.18. The Labute approximate surface area is 138 Å². The van der Waals surface area contributed by atoms with Gasteiger partial charge in [-0.2, -0.15) is 5.10 Å². The van der Waals surface area contributed by atoms with E-state index in [0.717, 1.165) is 12.1 Å². The maximum absolute atomic E-state index is 14.1. The first-order valence-corrected chi connectivity index (χ1v) is 6.91. The molecule has 0 aliphatic rings. The predicted octanol–water partition coefficient (Wildman–Crippen LogP) is 3.49. The number of hydrogen-bond acceptors (Lipinski definition) is 3. The van der Waals surface area contributed by atoms with Crippen LogP contribution in [0.25, 0.3) is 0 Å². The Bertz CT molecular complexity index is 708. The molecular formula is C15H19ClF2N4O. The van der Waals surface area contributed by atoms with Crippen molar-refractivity contribution in [3.63, 3.8) is 0 Å². The van der Waals surface area contributed by atoms with E-state index in [0.29, 0.717) is 12.3 Å². The van der Waals surface area contributed by atoms with Crippen molar-refractivity contribution in [2.45, 2.75) is 27.8 Å². The molecule has 2 aromatic rings. The summed E-state index contributed by atoms with van der Waals surface area (Å²) in [4.78, 5) is 0. The molecule has 2 rings (SSSR count). The van der Waals surface area contributed by atoms with Crippen LogP contribution in [0.3, 0.4) is 0 Å². The minimum Gasteiger partial charge on any atom is -0.494 e. The number of aromatic nitrogens is 2. The van der Waals surface area contributed by atoms with Crippen LogP contribution >= 0.6 is 11.6 Å². The number of benzene rings is 1. The van der Waals surface area contributed by atoms with Gasteiger partial charge in [-0.3, -0.25) is 10.1 Å². The van der Waals surface area contributed by atoms with Crippen molar-refractivity contribution in [1.82, 2.24) is 9.78 Å². The zero-order chi connectivity index (χ0) is 16.4. The van der Waals surface area contributed by atoms with Gasteiger partial charge in [0.1, 0.15) is 28.9 Å². The molecule has 5 nitrogen and oxygen atoms in total. The van der Waals surface area contributed by atoms with Crippen LogP contribution in [-0.2, 0) is 6.54 Å². The van der Waals surface area contributed by atoms with Crippen LogP contribution in [0.4, 0.5) is 8.78 Å². The van der Waals surface area contributed by atoms with Crippen LogP contribution in [0.1, 0.15) is 31.3 Å². The van der Waals surface area contributed by atoms with Crippen molar-refractivity contribution in [3.05, 3.63) is 45.7 Å². The van der Waals surface area contributed by atoms with Gasteiger partial charge >= 0.3 is 0 Å². The maximum atomic E-state index is 14.1. The highest BCUT2D eigenvalue weighted by molar-refractivity contribution is 6.34. The molecule has 1 aromatic heterocycles. The fourth-order valence-electron chi connectivity index (χ4n) is 1.98. The first-order valence-electron chi connectivity index (χ1n) is 6.53. The minimum atomic E-state index is -0.737. The van der Waals surface area contributed by atoms with E-state index in [4.69, 9.17) is 27.5 Å². The van der Waals surface area contributed by atoms with Crippen LogP contribution in [0.15, 0.2) is 12.1 Å². The van der Waals surface area contributed by atoms with Crippen molar-refractivity contribution in [1.29, 1.82) is 5.41 Å². The lowest BCUT2D eigenvalue weighted by molar-refractivity contribution is 0.335. The fraction of sp³-hybridized carbons (Fsp3) is 0.333. The monoisotopic (exact) mass is 344 g/mol. The van der Waals surface area contributed by atoms with E-state index >= 15 is 0 Å². The Morgan fingerprint density at radius 2 is 1.96 bits per heavy atom. The molecule has 0 saturated carbocycles. The Morgan fingerprint density at radius 1 is 1.39 bits per heavy atom. The van der Waals surface area contributed by atoms with E-state index in [1.807, 2.05) is 0 Å². The molecule has 0 radical (unpaired) electrons. The quantitative estimate of drug-likeness (QED) is 0.644. The van der Waals surface area contributed by atoms with E-state index in [-0.39, 0.29) is 41.8 Å². The summed E-state index contributed by atoms with van der Waals surface area (Å²) in [6.45, 7) is 3.51. The fourth-order valence-corrected chi connectivity index (χ4v) is 2.22. The molecule has 0 spiro atoms. The molecule has 0 atom stereocenters. The second-order valence-corrected chi connectivity index (χ2v) is 5.00. The van der Waals surface area contributed by atoms with Gasteiger partial charge in [0.05, 0.1) is 23.9 Å². The molecule has 0 saturated heterocycles. The van der Waals surface area contributed by atoms with Gasteiger partial charge in [0, 0.05) is 17.7 Å². The van der Waals surface area contributed by atoms with Crippen molar-refractivity contribution in [2.75, 3.05) is 6.61 Å². The van der Waals surface area contributed by atoms with Crippen molar-refractivity contribution >= 4 is 17.4 Å². The first-order chi connectivity index (χ1) is 10.3. The van der Waals surface area contributed by atoms with Gasteiger partial charge in [0.25, 0.3) is 0 Å². The van der Waals surface area contributed by atoms with Crippen LogP contribution < -0.4 is 10.5 Å². The maximum Gasteiger partial charge on any atom is 0.145 e. The number of ether oxygens (including phenoxy) is 1. The third-order valence-electron chi connectivity index (χ3n) is 3.12. The van der Waals surface area contributed by atoms with E-state index in [9.17, 15) is 8.78 Å². The molecule has 3 N–H and O–H groups in total. The highest BCUT2D eigenvalue weighted by Crippen LogP contribution is 2.24. The van der Waals surface area contributed by atoms with Gasteiger partial charge in [0.2, 0.25) is 0 Å². The summed E-state index contributed by atoms with van der Waals surface area (Å²) in [5, 5.41) is 11.6. The smallest absolute Gasteiger partial charge is 0.145 e. The first kappa shape index (κ1) is 18.9. The average Bonchev–Trinajstić information content (AvgIpc) is 2.71. The zero-order valence-corrected chi connectivity index (χ0v) is 12.8. The Hall–Kier alpha value is -2.15. The van der Waals surface area contributed by atoms with Crippen LogP contribution in [-0.4, -0.2) is 22.2 Å². The number of amidine groups is 1. The standard InChI is InChI=1S/C14H15ClF2N4O.CH4/c1-3-22-8-4-10(16)9(11(17)5-8)6-21-7(2)12(15)13(20-21)14(18)19;/h4-5H,3,6H2,1-2H3,(H3,18,19);1H4. The molecule has 0 aliphatic carbocycles. The van der Waals surface area contributed by atoms with Gasteiger partial charge in [-0.25, -0.2) is 8.78 Å². The summed E-state index contributed by atoms with van der Waals surface area (Å²) in [7, 11) is 0. The average molecular weight is 345 g/mol. The number of halogens is 3. The number of nitrogens with zero attached hydrogens (tertiary/aromatic N) is 2. The summed E-state index contributed by atoms with van der Waals surface area (Å²) in [6, 6.07) is 2.24. The van der Waals surface area contributed by atoms with E-state index < -0.39 is 11.6 Å². The lowest BCUT2D eigenvalue weighted by Crippen LogP contribution is -2.14. The summed E-state index contributed by atoms with van der Waals surface area (Å²) in [6.07, 6.45) is 0. The highest BCUT2D eigenvalue weighted by atomic mass is 35.5. The Balaban J connectivity index is 0.00000264. The van der Waals surface area contributed by atoms with Crippen molar-refractivity contribution in [2.24, 2.45) is 5.73 Å². The third-order valence-corrected chi connectivity index (χ3v) is 3.57. The van der Waals surface area contributed by atoms with Gasteiger partial charge in [-0.15, -0.1) is 0 Å². The summed E-state index contributed by atoms with van der Waals surface area (Å²) >= 11 is 6.01. The topological polar surface area (TPSA) is 76.9 Å². The number of hydrogen-bond donors (Lipinski definition) is 2. The number of nitrogens with two attached hydrogens (primary N) is 1. The molecule has 0 unspecified atom stereocenters. The molecule has 0 bridgehead atoms. The van der Waals surface area contributed by atoms with E-state index in [2.05, 4.69) is 5.10 Å². The normalized spacial score (nSPS) is 10.3. The summed E-state index contributed by atoms with van der Waals surface area (Å²) in [5.41, 5.74) is 5.76. The molecular weight excluding hydrogens is 326 g/mol. The van der Waals surface area contributed by atoms with Crippen molar-refractivity contribution in [3.8, 4) is 5.75 Å². The van der Waals surface area contributed by atoms with Gasteiger partial charge < -0.3 is 10.5 Å². The molecule has 23 heavy (non-hydrogen) atoms. The van der Waals surface area contributed by atoms with Crippen LogP contribution in [0.2, 0.25) is 5.02 Å². The van der Waals surface area contributed by atoms with Gasteiger partial charge in [-0.1, -0.05) is 19.0 Å². The largest absolute Gasteiger partial charge is 0.494 e. The molecule has 1 heterocycles. The lowest BCUT2D eigenvalue weighted by atomic mass is 10.2. The Kier molecular flexibility index (Phi) is 6.09. The van der Waals surface area contributed by atoms with Gasteiger partial charge in [0.15, 0.2) is 0 Å². The SMILES string of the molecule is C.CCOc1cc(F)c(Cn2nc(C(=N)N)c(Cl)c2C)c(F)c1. The number of nitrogens with one attached hydrogen (secondary N) is 1. The molecule has 0 aliphatic heterocycles. The molecule has 0 amide bonds. The van der Waals surface area contributed by atoms with Crippen LogP contribution in [0, 0.1) is 24.0 Å². The molecule has 0 fully saturated rings. The second kappa shape index (κ2) is 7.41. The lowest BCUT2D eigenvalue weighted by Gasteiger charge is -2.10. The molecule has 8 heteroatoms. The van der Waals surface area contributed by atoms with Crippen LogP contribution in [0.5, 0.6) is 5.75 Å². The third kappa shape index (κ3) is 3.79. The van der Waals surface area contributed by atoms with E-state index in [1.54, 1.807) is 13.8 Å². The summed E-state index contributed by atoms with van der Waals surface area (Å²) in [5.74, 6) is -1.65. The Morgan fingerprint density at radius 3 is 2.39 bits per heavy atom. The minimum absolute atomic E-state index is 0. The van der Waals surface area contributed by atoms with Crippen molar-refractivity contribution < 1.29 is 13.5 Å². The van der Waals surface area contributed by atoms with E-state index in [1.165, 1.54) is 4.68 Å². The number of rotatable bonds is 5. The predicted molar refractivity (Wildman–Crippen MR) is 86.4 cm³/mol. The molecule has 126 valence electrons. The van der Waals surface area contributed by atoms with Gasteiger partial charge in [-0.05, 0) is 13.8 Å². The summed E-state index contributed by atoms with van der Waals surface area (Å²) < 4.78 is 34.5.